The quantitative estimate of drug-likeness (QED) is 0.316. The average molecular weight is 83.8 g/mol. The van der Waals surface area contributed by atoms with Crippen LogP contribution in [0.15, 0.2) is 0 Å². The Morgan fingerprint density at radius 2 is 1.83 bits per heavy atom. The van der Waals surface area contributed by atoms with E-state index in [2.05, 4.69) is 4.65 Å². The Morgan fingerprint density at radius 3 is 1.83 bits per heavy atom. The summed E-state index contributed by atoms with van der Waals surface area (Å²) in [6.45, 7) is 0. The van der Waals surface area contributed by atoms with Crippen molar-refractivity contribution in [2.45, 2.75) is 0 Å². The van der Waals surface area contributed by atoms with Gasteiger partial charge < -0.3 is 16.1 Å². The minimum atomic E-state index is -1.62. The first-order valence-corrected chi connectivity index (χ1v) is 1.16. The van der Waals surface area contributed by atoms with Gasteiger partial charge in [-0.3, -0.25) is 0 Å². The molecule has 0 rings (SSSR count). The summed E-state index contributed by atoms with van der Waals surface area (Å²) in [5.41, 5.74) is 0. The van der Waals surface area contributed by atoms with Crippen LogP contribution in [0.1, 0.15) is 1.43 Å². The van der Waals surface area contributed by atoms with Crippen LogP contribution in [0.25, 0.3) is 0 Å². The first-order chi connectivity index (χ1) is 2.27. The standard InChI is InChI=1S/CH5BO3.Li.H/c1-5-2(3)4;;/h3-4H,1H3;;/q;+1;-1. The first kappa shape index (κ1) is 9.74. The van der Waals surface area contributed by atoms with E-state index in [-0.39, 0.29) is 20.3 Å². The van der Waals surface area contributed by atoms with Crippen molar-refractivity contribution in [3.63, 3.8) is 0 Å². The van der Waals surface area contributed by atoms with Crippen molar-refractivity contribution in [2.24, 2.45) is 0 Å². The van der Waals surface area contributed by atoms with Crippen LogP contribution in [0.3, 0.4) is 0 Å². The Hall–Kier alpha value is 0.542. The predicted molar refractivity (Wildman–Crippen MR) is 18.3 cm³/mol. The molecular formula is CH6BLiO3. The molecule has 5 heteroatoms. The fourth-order valence-corrected chi connectivity index (χ4v) is 0. The molecule has 0 unspecified atom stereocenters. The second-order valence-corrected chi connectivity index (χ2v) is 0.562. The van der Waals surface area contributed by atoms with Crippen LogP contribution in [0.5, 0.6) is 0 Å². The third-order valence-corrected chi connectivity index (χ3v) is 0.211. The molecular weight excluding hydrogens is 77.8 g/mol. The zero-order valence-corrected chi connectivity index (χ0v) is 3.88. The van der Waals surface area contributed by atoms with E-state index in [1.54, 1.807) is 0 Å². The fraction of sp³-hybridized carbons (Fsp3) is 1.00. The SMILES string of the molecule is COB(O)O.[H-].[Li+]. The van der Waals surface area contributed by atoms with Crippen molar-refractivity contribution < 1.29 is 35.0 Å². The van der Waals surface area contributed by atoms with Crippen molar-refractivity contribution >= 4 is 7.32 Å². The van der Waals surface area contributed by atoms with Gasteiger partial charge in [0.2, 0.25) is 0 Å². The Kier molecular flexibility index (Phi) is 9.00. The molecule has 0 aromatic carbocycles. The molecule has 0 aliphatic rings. The smallest absolute Gasteiger partial charge is 1.00 e. The second-order valence-electron chi connectivity index (χ2n) is 0.562. The average Bonchev–Trinajstić information content (AvgIpc) is 1.38. The zero-order chi connectivity index (χ0) is 4.28. The second kappa shape index (κ2) is 5.54. The minimum absolute atomic E-state index is 0. The maximum atomic E-state index is 7.69. The van der Waals surface area contributed by atoms with Crippen LogP contribution in [-0.2, 0) is 4.65 Å². The van der Waals surface area contributed by atoms with Crippen LogP contribution in [0.4, 0.5) is 0 Å². The molecule has 32 valence electrons. The predicted octanol–water partition coefficient (Wildman–Crippen LogP) is -4.28. The van der Waals surface area contributed by atoms with Crippen molar-refractivity contribution in [1.29, 1.82) is 0 Å². The van der Waals surface area contributed by atoms with Gasteiger partial charge in [-0.2, -0.15) is 0 Å². The number of hydrogen-bond acceptors (Lipinski definition) is 3. The van der Waals surface area contributed by atoms with Crippen molar-refractivity contribution in [3.05, 3.63) is 0 Å². The topological polar surface area (TPSA) is 49.7 Å². The van der Waals surface area contributed by atoms with Gasteiger partial charge >= 0.3 is 26.2 Å². The van der Waals surface area contributed by atoms with Gasteiger partial charge in [0.1, 0.15) is 0 Å². The molecule has 0 atom stereocenters. The van der Waals surface area contributed by atoms with E-state index in [0.29, 0.717) is 0 Å². The summed E-state index contributed by atoms with van der Waals surface area (Å²) in [7, 11) is -0.417. The molecule has 0 amide bonds. The molecule has 2 N–H and O–H groups in total. The molecule has 0 bridgehead atoms. The monoisotopic (exact) mass is 84.1 g/mol. The largest absolute Gasteiger partial charge is 1.00 e. The van der Waals surface area contributed by atoms with E-state index in [4.69, 9.17) is 10.0 Å². The first-order valence-electron chi connectivity index (χ1n) is 1.16. The maximum Gasteiger partial charge on any atom is 1.00 e. The summed E-state index contributed by atoms with van der Waals surface area (Å²) in [6.07, 6.45) is 0. The van der Waals surface area contributed by atoms with E-state index < -0.39 is 7.32 Å². The maximum absolute atomic E-state index is 7.69. The van der Waals surface area contributed by atoms with Crippen LogP contribution in [-0.4, -0.2) is 24.5 Å². The Labute approximate surface area is 50.2 Å². The molecule has 0 aliphatic carbocycles. The van der Waals surface area contributed by atoms with Crippen molar-refractivity contribution in [3.8, 4) is 0 Å². The van der Waals surface area contributed by atoms with Crippen molar-refractivity contribution in [2.75, 3.05) is 7.11 Å². The minimum Gasteiger partial charge on any atom is -1.00 e. The van der Waals surface area contributed by atoms with Gasteiger partial charge in [-0.15, -0.1) is 0 Å². The molecule has 0 fully saturated rings. The molecule has 0 spiro atoms. The van der Waals surface area contributed by atoms with E-state index in [1.165, 1.54) is 7.11 Å². The molecule has 0 saturated carbocycles. The van der Waals surface area contributed by atoms with E-state index in [9.17, 15) is 0 Å². The van der Waals surface area contributed by atoms with Crippen LogP contribution in [0.2, 0.25) is 0 Å². The van der Waals surface area contributed by atoms with E-state index in [0.717, 1.165) is 0 Å². The van der Waals surface area contributed by atoms with Gasteiger partial charge in [0.25, 0.3) is 0 Å². The van der Waals surface area contributed by atoms with Gasteiger partial charge in [0, 0.05) is 7.11 Å². The molecule has 0 aliphatic heterocycles. The zero-order valence-electron chi connectivity index (χ0n) is 4.88. The summed E-state index contributed by atoms with van der Waals surface area (Å²) in [5, 5.41) is 15.4. The summed E-state index contributed by atoms with van der Waals surface area (Å²) in [6, 6.07) is 0. The molecule has 3 nitrogen and oxygen atoms in total. The Bertz CT molecular complexity index is 28.9. The van der Waals surface area contributed by atoms with Crippen LogP contribution in [0, 0.1) is 0 Å². The summed E-state index contributed by atoms with van der Waals surface area (Å²) >= 11 is 0. The van der Waals surface area contributed by atoms with Gasteiger partial charge in [0.05, 0.1) is 0 Å². The molecule has 0 heterocycles. The Morgan fingerprint density at radius 1 is 1.67 bits per heavy atom. The molecule has 0 aromatic heterocycles. The number of rotatable bonds is 1. The van der Waals surface area contributed by atoms with Crippen LogP contribution >= 0.6 is 0 Å². The fourth-order valence-electron chi connectivity index (χ4n) is 0. The molecule has 0 saturated heterocycles. The normalized spacial score (nSPS) is 6.50. The van der Waals surface area contributed by atoms with Gasteiger partial charge in [-0.25, -0.2) is 0 Å². The van der Waals surface area contributed by atoms with E-state index >= 15 is 0 Å². The summed E-state index contributed by atoms with van der Waals surface area (Å²) < 4.78 is 3.86. The number of hydrogen-bond donors (Lipinski definition) is 2. The van der Waals surface area contributed by atoms with Crippen molar-refractivity contribution in [1.82, 2.24) is 0 Å². The third kappa shape index (κ3) is 8.82. The van der Waals surface area contributed by atoms with Gasteiger partial charge in [0.15, 0.2) is 0 Å². The molecule has 6 heavy (non-hydrogen) atoms. The third-order valence-electron chi connectivity index (χ3n) is 0.211. The molecule has 0 aromatic rings. The van der Waals surface area contributed by atoms with Crippen LogP contribution < -0.4 is 18.9 Å². The summed E-state index contributed by atoms with van der Waals surface area (Å²) in [4.78, 5) is 0. The summed E-state index contributed by atoms with van der Waals surface area (Å²) in [5.74, 6) is 0. The molecule has 0 radical (unpaired) electrons. The van der Waals surface area contributed by atoms with E-state index in [1.807, 2.05) is 0 Å². The Balaban J connectivity index is -0.0000000800. The van der Waals surface area contributed by atoms with Gasteiger partial charge in [-0.1, -0.05) is 0 Å². The van der Waals surface area contributed by atoms with Gasteiger partial charge in [-0.05, 0) is 0 Å².